The maximum absolute atomic E-state index is 12.1. The van der Waals surface area contributed by atoms with Crippen LogP contribution in [0.4, 0.5) is 10.5 Å². The Kier molecular flexibility index (Phi) is 3.96. The number of carbonyl (C=O) groups is 2. The lowest BCUT2D eigenvalue weighted by Crippen LogP contribution is -2.43. The molecule has 0 saturated carbocycles. The molecule has 1 aromatic heterocycles. The molecule has 7 heteroatoms. The summed E-state index contributed by atoms with van der Waals surface area (Å²) in [6.07, 6.45) is 3.14. The molecule has 1 aliphatic heterocycles. The van der Waals surface area contributed by atoms with Crippen molar-refractivity contribution in [1.82, 2.24) is 9.88 Å². The molecule has 2 unspecified atom stereocenters. The number of likely N-dealkylation sites (tertiary alicyclic amines) is 1. The van der Waals surface area contributed by atoms with Gasteiger partial charge in [-0.15, -0.1) is 0 Å². The number of hydrogen-bond acceptors (Lipinski definition) is 4. The van der Waals surface area contributed by atoms with E-state index >= 15 is 0 Å². The number of amides is 2. The third-order valence-electron chi connectivity index (χ3n) is 3.05. The summed E-state index contributed by atoms with van der Waals surface area (Å²) >= 11 is 0. The lowest BCUT2D eigenvalue weighted by atomic mass is 10.2. The van der Waals surface area contributed by atoms with E-state index in [9.17, 15) is 9.59 Å². The number of carboxylic acid groups (broad SMARTS) is 1. The molecule has 0 bridgehead atoms. The standard InChI is InChI=1S/C12H15N3O4/c1-19-9-5-10(11(16)17)15(7-9)12(18)14-8-3-2-4-13-6-8/h2-4,6,9-10H,5,7H2,1H3,(H,14,18)(H,16,17). The molecule has 1 aliphatic rings. The van der Waals surface area contributed by atoms with Crippen molar-refractivity contribution in [3.05, 3.63) is 24.5 Å². The summed E-state index contributed by atoms with van der Waals surface area (Å²) in [5.74, 6) is -1.03. The van der Waals surface area contributed by atoms with E-state index in [2.05, 4.69) is 10.3 Å². The average Bonchev–Trinajstić information content (AvgIpc) is 2.84. The van der Waals surface area contributed by atoms with Crippen LogP contribution in [0, 0.1) is 0 Å². The van der Waals surface area contributed by atoms with E-state index in [1.165, 1.54) is 18.2 Å². The molecule has 0 radical (unpaired) electrons. The largest absolute Gasteiger partial charge is 0.480 e. The molecule has 0 aliphatic carbocycles. The normalized spacial score (nSPS) is 22.3. The maximum Gasteiger partial charge on any atom is 0.326 e. The number of methoxy groups -OCH3 is 1. The molecule has 102 valence electrons. The Labute approximate surface area is 110 Å². The van der Waals surface area contributed by atoms with Gasteiger partial charge in [0.25, 0.3) is 0 Å². The molecular formula is C12H15N3O4. The van der Waals surface area contributed by atoms with Crippen molar-refractivity contribution < 1.29 is 19.4 Å². The van der Waals surface area contributed by atoms with Crippen LogP contribution in [0.1, 0.15) is 6.42 Å². The van der Waals surface area contributed by atoms with Crippen LogP contribution >= 0.6 is 0 Å². The Morgan fingerprint density at radius 1 is 1.58 bits per heavy atom. The summed E-state index contributed by atoms with van der Waals surface area (Å²) in [5, 5.41) is 11.7. The highest BCUT2D eigenvalue weighted by molar-refractivity contribution is 5.92. The summed E-state index contributed by atoms with van der Waals surface area (Å²) in [6, 6.07) is 2.05. The molecule has 2 N–H and O–H groups in total. The first-order valence-corrected chi connectivity index (χ1v) is 5.85. The number of anilines is 1. The van der Waals surface area contributed by atoms with E-state index in [0.717, 1.165) is 0 Å². The summed E-state index contributed by atoms with van der Waals surface area (Å²) in [5.41, 5.74) is 0.525. The first-order valence-electron chi connectivity index (χ1n) is 5.85. The first-order chi connectivity index (χ1) is 9.11. The van der Waals surface area contributed by atoms with Crippen LogP contribution in [0.25, 0.3) is 0 Å². The van der Waals surface area contributed by atoms with E-state index < -0.39 is 18.0 Å². The Morgan fingerprint density at radius 2 is 2.37 bits per heavy atom. The molecule has 2 amide bonds. The quantitative estimate of drug-likeness (QED) is 0.843. The highest BCUT2D eigenvalue weighted by Gasteiger charge is 2.39. The van der Waals surface area contributed by atoms with Gasteiger partial charge in [0.2, 0.25) is 0 Å². The topological polar surface area (TPSA) is 91.8 Å². The number of urea groups is 1. The second kappa shape index (κ2) is 5.66. The Hall–Kier alpha value is -2.15. The van der Waals surface area contributed by atoms with Gasteiger partial charge in [0, 0.05) is 26.3 Å². The fraction of sp³-hybridized carbons (Fsp3) is 0.417. The van der Waals surface area contributed by atoms with Gasteiger partial charge in [-0.1, -0.05) is 0 Å². The van der Waals surface area contributed by atoms with Crippen molar-refractivity contribution in [2.75, 3.05) is 19.0 Å². The van der Waals surface area contributed by atoms with Gasteiger partial charge in [-0.3, -0.25) is 4.98 Å². The van der Waals surface area contributed by atoms with E-state index in [0.29, 0.717) is 12.1 Å². The number of rotatable bonds is 3. The number of nitrogens with one attached hydrogen (secondary N) is 1. The minimum atomic E-state index is -1.03. The second-order valence-electron chi connectivity index (χ2n) is 4.27. The molecule has 2 heterocycles. The summed E-state index contributed by atoms with van der Waals surface area (Å²) in [7, 11) is 1.51. The number of pyridine rings is 1. The first kappa shape index (κ1) is 13.3. The summed E-state index contributed by atoms with van der Waals surface area (Å²) in [6.45, 7) is 0.263. The molecule has 1 fully saturated rings. The molecule has 1 saturated heterocycles. The number of aromatic nitrogens is 1. The second-order valence-corrected chi connectivity index (χ2v) is 4.27. The summed E-state index contributed by atoms with van der Waals surface area (Å²) < 4.78 is 5.12. The summed E-state index contributed by atoms with van der Waals surface area (Å²) in [4.78, 5) is 28.3. The van der Waals surface area contributed by atoms with Gasteiger partial charge >= 0.3 is 12.0 Å². The van der Waals surface area contributed by atoms with Crippen LogP contribution in [0.15, 0.2) is 24.5 Å². The molecule has 19 heavy (non-hydrogen) atoms. The Morgan fingerprint density at radius 3 is 2.95 bits per heavy atom. The third-order valence-corrected chi connectivity index (χ3v) is 3.05. The van der Waals surface area contributed by atoms with E-state index in [-0.39, 0.29) is 12.6 Å². The Bertz CT molecular complexity index is 465. The van der Waals surface area contributed by atoms with Gasteiger partial charge in [0.05, 0.1) is 18.0 Å². The van der Waals surface area contributed by atoms with Crippen LogP contribution in [0.3, 0.4) is 0 Å². The molecule has 7 nitrogen and oxygen atoms in total. The van der Waals surface area contributed by atoms with Crippen molar-refractivity contribution in [3.63, 3.8) is 0 Å². The van der Waals surface area contributed by atoms with Gasteiger partial charge in [-0.05, 0) is 12.1 Å². The number of ether oxygens (including phenoxy) is 1. The maximum atomic E-state index is 12.1. The van der Waals surface area contributed by atoms with Gasteiger partial charge < -0.3 is 20.1 Å². The van der Waals surface area contributed by atoms with E-state index in [4.69, 9.17) is 9.84 Å². The smallest absolute Gasteiger partial charge is 0.326 e. The Balaban J connectivity index is 2.07. The number of carbonyl (C=O) groups excluding carboxylic acids is 1. The lowest BCUT2D eigenvalue weighted by molar-refractivity contribution is -0.141. The van der Waals surface area contributed by atoms with Crippen molar-refractivity contribution in [3.8, 4) is 0 Å². The zero-order valence-electron chi connectivity index (χ0n) is 10.4. The predicted molar refractivity (Wildman–Crippen MR) is 66.8 cm³/mol. The number of carboxylic acids is 1. The molecule has 0 spiro atoms. The van der Waals surface area contributed by atoms with Crippen molar-refractivity contribution >= 4 is 17.7 Å². The predicted octanol–water partition coefficient (Wildman–Crippen LogP) is 0.787. The molecule has 2 atom stereocenters. The fourth-order valence-electron chi connectivity index (χ4n) is 2.06. The average molecular weight is 265 g/mol. The van der Waals surface area contributed by atoms with Crippen molar-refractivity contribution in [1.29, 1.82) is 0 Å². The molecular weight excluding hydrogens is 250 g/mol. The third kappa shape index (κ3) is 3.00. The van der Waals surface area contributed by atoms with Crippen LogP contribution in [-0.2, 0) is 9.53 Å². The van der Waals surface area contributed by atoms with Gasteiger partial charge in [-0.2, -0.15) is 0 Å². The zero-order chi connectivity index (χ0) is 13.8. The molecule has 0 aromatic carbocycles. The fourth-order valence-corrected chi connectivity index (χ4v) is 2.06. The van der Waals surface area contributed by atoms with E-state index in [1.807, 2.05) is 0 Å². The molecule has 2 rings (SSSR count). The highest BCUT2D eigenvalue weighted by atomic mass is 16.5. The van der Waals surface area contributed by atoms with Crippen molar-refractivity contribution in [2.45, 2.75) is 18.6 Å². The van der Waals surface area contributed by atoms with Crippen molar-refractivity contribution in [2.24, 2.45) is 0 Å². The number of aliphatic carboxylic acids is 1. The zero-order valence-corrected chi connectivity index (χ0v) is 10.4. The van der Waals surface area contributed by atoms with Crippen LogP contribution in [0.5, 0.6) is 0 Å². The van der Waals surface area contributed by atoms with Gasteiger partial charge in [0.15, 0.2) is 0 Å². The lowest BCUT2D eigenvalue weighted by Gasteiger charge is -2.21. The van der Waals surface area contributed by atoms with Crippen LogP contribution < -0.4 is 5.32 Å². The minimum absolute atomic E-state index is 0.249. The van der Waals surface area contributed by atoms with Crippen LogP contribution in [0.2, 0.25) is 0 Å². The number of nitrogens with zero attached hydrogens (tertiary/aromatic N) is 2. The SMILES string of the molecule is COC1CC(C(=O)O)N(C(=O)Nc2cccnc2)C1. The highest BCUT2D eigenvalue weighted by Crippen LogP contribution is 2.21. The van der Waals surface area contributed by atoms with Gasteiger partial charge in [-0.25, -0.2) is 9.59 Å². The van der Waals surface area contributed by atoms with E-state index in [1.54, 1.807) is 18.3 Å². The van der Waals surface area contributed by atoms with Gasteiger partial charge in [0.1, 0.15) is 6.04 Å². The minimum Gasteiger partial charge on any atom is -0.480 e. The number of hydrogen-bond donors (Lipinski definition) is 2. The molecule has 1 aromatic rings. The monoisotopic (exact) mass is 265 g/mol. The van der Waals surface area contributed by atoms with Crippen LogP contribution in [-0.4, -0.2) is 52.8 Å².